The second-order valence-corrected chi connectivity index (χ2v) is 5.43. The molecule has 0 atom stereocenters. The molecule has 0 aliphatic heterocycles. The minimum absolute atomic E-state index is 0.371. The van der Waals surface area contributed by atoms with Crippen molar-refractivity contribution in [1.82, 2.24) is 0 Å². The van der Waals surface area contributed by atoms with Crippen molar-refractivity contribution in [2.24, 2.45) is 0 Å². The van der Waals surface area contributed by atoms with Gasteiger partial charge in [-0.2, -0.15) is 0 Å². The molecule has 5 nitrogen and oxygen atoms in total. The van der Waals surface area contributed by atoms with Gasteiger partial charge in [0.15, 0.2) is 0 Å². The van der Waals surface area contributed by atoms with Crippen molar-refractivity contribution in [3.63, 3.8) is 0 Å². The van der Waals surface area contributed by atoms with Crippen LogP contribution in [0.25, 0.3) is 0 Å². The predicted molar refractivity (Wildman–Crippen MR) is 91.1 cm³/mol. The Bertz CT molecular complexity index is 667. The first-order valence-corrected chi connectivity index (χ1v) is 7.39. The van der Waals surface area contributed by atoms with Gasteiger partial charge in [0.25, 0.3) is 0 Å². The van der Waals surface area contributed by atoms with E-state index in [1.807, 2.05) is 25.1 Å². The summed E-state index contributed by atoms with van der Waals surface area (Å²) in [6.07, 6.45) is 0. The Morgan fingerprint density at radius 1 is 1.05 bits per heavy atom. The Balaban J connectivity index is 2.17. The molecule has 2 rings (SSSR count). The van der Waals surface area contributed by atoms with Gasteiger partial charge in [-0.25, -0.2) is 4.79 Å². The first-order valence-electron chi connectivity index (χ1n) is 6.60. The van der Waals surface area contributed by atoms with Gasteiger partial charge in [0, 0.05) is 10.2 Å². The number of ether oxygens (including phenoxy) is 2. The van der Waals surface area contributed by atoms with E-state index in [2.05, 4.69) is 26.6 Å². The zero-order valence-corrected chi connectivity index (χ0v) is 14.2. The third-order valence-corrected chi connectivity index (χ3v) is 3.97. The van der Waals surface area contributed by atoms with E-state index in [0.29, 0.717) is 22.9 Å². The summed E-state index contributed by atoms with van der Waals surface area (Å²) >= 11 is 3.43. The van der Waals surface area contributed by atoms with Crippen LogP contribution in [0.3, 0.4) is 0 Å². The number of nitrogens with one attached hydrogen (secondary N) is 2. The molecule has 2 aromatic rings. The van der Waals surface area contributed by atoms with Crippen LogP contribution in [0.2, 0.25) is 0 Å². The van der Waals surface area contributed by atoms with Crippen molar-refractivity contribution in [3.05, 3.63) is 46.4 Å². The molecule has 0 saturated heterocycles. The molecule has 6 heteroatoms. The number of amides is 2. The molecule has 0 radical (unpaired) electrons. The fraction of sp³-hybridized carbons (Fsp3) is 0.188. The summed E-state index contributed by atoms with van der Waals surface area (Å²) in [6.45, 7) is 1.95. The van der Waals surface area contributed by atoms with Crippen LogP contribution in [0.1, 0.15) is 5.56 Å². The summed E-state index contributed by atoms with van der Waals surface area (Å²) in [5, 5.41) is 5.53. The number of rotatable bonds is 4. The van der Waals surface area contributed by atoms with E-state index in [0.717, 1.165) is 10.0 Å². The SMILES string of the molecule is COc1cccc(OC)c1NC(=O)Nc1ccc(Br)c(C)c1. The summed E-state index contributed by atoms with van der Waals surface area (Å²) in [7, 11) is 3.08. The molecular weight excluding hydrogens is 348 g/mol. The molecule has 116 valence electrons. The molecular formula is C16H17BrN2O3. The van der Waals surface area contributed by atoms with E-state index < -0.39 is 0 Å². The van der Waals surface area contributed by atoms with Crippen molar-refractivity contribution in [2.45, 2.75) is 6.92 Å². The number of anilines is 2. The fourth-order valence-corrected chi connectivity index (χ4v) is 2.22. The summed E-state index contributed by atoms with van der Waals surface area (Å²) in [5.41, 5.74) is 2.22. The summed E-state index contributed by atoms with van der Waals surface area (Å²) in [6, 6.07) is 10.5. The first-order chi connectivity index (χ1) is 10.5. The molecule has 22 heavy (non-hydrogen) atoms. The lowest BCUT2D eigenvalue weighted by molar-refractivity contribution is 0.262. The minimum atomic E-state index is -0.371. The summed E-state index contributed by atoms with van der Waals surface area (Å²) in [4.78, 5) is 12.2. The zero-order chi connectivity index (χ0) is 16.1. The van der Waals surface area contributed by atoms with Gasteiger partial charge in [0.1, 0.15) is 17.2 Å². The van der Waals surface area contributed by atoms with Gasteiger partial charge in [-0.05, 0) is 42.8 Å². The predicted octanol–water partition coefficient (Wildman–Crippen LogP) is 4.42. The van der Waals surface area contributed by atoms with Crippen molar-refractivity contribution in [2.75, 3.05) is 24.9 Å². The first kappa shape index (κ1) is 16.2. The normalized spacial score (nSPS) is 10.0. The summed E-state index contributed by atoms with van der Waals surface area (Å²) < 4.78 is 11.5. The maximum Gasteiger partial charge on any atom is 0.323 e. The molecule has 0 saturated carbocycles. The lowest BCUT2D eigenvalue weighted by Crippen LogP contribution is -2.20. The Labute approximate surface area is 137 Å². The Morgan fingerprint density at radius 3 is 2.23 bits per heavy atom. The highest BCUT2D eigenvalue weighted by Crippen LogP contribution is 2.34. The topological polar surface area (TPSA) is 59.6 Å². The van der Waals surface area contributed by atoms with Crippen LogP contribution < -0.4 is 20.1 Å². The van der Waals surface area contributed by atoms with E-state index in [9.17, 15) is 4.79 Å². The average Bonchev–Trinajstić information content (AvgIpc) is 2.51. The maximum atomic E-state index is 12.2. The van der Waals surface area contributed by atoms with Gasteiger partial charge >= 0.3 is 6.03 Å². The van der Waals surface area contributed by atoms with E-state index in [4.69, 9.17) is 9.47 Å². The minimum Gasteiger partial charge on any atom is -0.494 e. The van der Waals surface area contributed by atoms with Crippen LogP contribution in [-0.4, -0.2) is 20.3 Å². The van der Waals surface area contributed by atoms with Crippen LogP contribution in [0.5, 0.6) is 11.5 Å². The molecule has 2 N–H and O–H groups in total. The van der Waals surface area contributed by atoms with Crippen molar-refractivity contribution in [1.29, 1.82) is 0 Å². The molecule has 2 aromatic carbocycles. The highest BCUT2D eigenvalue weighted by molar-refractivity contribution is 9.10. The molecule has 0 spiro atoms. The number of carbonyl (C=O) groups excluding carboxylic acids is 1. The second-order valence-electron chi connectivity index (χ2n) is 4.58. The van der Waals surface area contributed by atoms with Gasteiger partial charge in [0.2, 0.25) is 0 Å². The largest absolute Gasteiger partial charge is 0.494 e. The number of para-hydroxylation sites is 1. The number of urea groups is 1. The number of hydrogen-bond acceptors (Lipinski definition) is 3. The van der Waals surface area contributed by atoms with Crippen LogP contribution in [-0.2, 0) is 0 Å². The van der Waals surface area contributed by atoms with Gasteiger partial charge in [-0.3, -0.25) is 0 Å². The highest BCUT2D eigenvalue weighted by Gasteiger charge is 2.13. The Hall–Kier alpha value is -2.21. The Kier molecular flexibility index (Phi) is 5.27. The van der Waals surface area contributed by atoms with Crippen LogP contribution in [0, 0.1) is 6.92 Å². The third kappa shape index (κ3) is 3.71. The van der Waals surface area contributed by atoms with Crippen molar-refractivity contribution >= 4 is 33.3 Å². The van der Waals surface area contributed by atoms with Gasteiger partial charge < -0.3 is 20.1 Å². The average molecular weight is 365 g/mol. The highest BCUT2D eigenvalue weighted by atomic mass is 79.9. The zero-order valence-electron chi connectivity index (χ0n) is 12.6. The number of hydrogen-bond donors (Lipinski definition) is 2. The smallest absolute Gasteiger partial charge is 0.323 e. The number of carbonyl (C=O) groups is 1. The molecule has 0 bridgehead atoms. The lowest BCUT2D eigenvalue weighted by Gasteiger charge is -2.14. The van der Waals surface area contributed by atoms with Gasteiger partial charge in [0.05, 0.1) is 14.2 Å². The molecule has 0 aliphatic rings. The molecule has 0 aliphatic carbocycles. The molecule has 0 aromatic heterocycles. The quantitative estimate of drug-likeness (QED) is 0.843. The van der Waals surface area contributed by atoms with Crippen LogP contribution >= 0.6 is 15.9 Å². The van der Waals surface area contributed by atoms with E-state index >= 15 is 0 Å². The van der Waals surface area contributed by atoms with E-state index in [1.165, 1.54) is 14.2 Å². The van der Waals surface area contributed by atoms with Crippen molar-refractivity contribution < 1.29 is 14.3 Å². The number of aryl methyl sites for hydroxylation is 1. The number of halogens is 1. The standard InChI is InChI=1S/C16H17BrN2O3/c1-10-9-11(7-8-12(10)17)18-16(20)19-15-13(21-2)5-4-6-14(15)22-3/h4-9H,1-3H3,(H2,18,19,20). The molecule has 0 fully saturated rings. The second kappa shape index (κ2) is 7.17. The van der Waals surface area contributed by atoms with Crippen LogP contribution in [0.4, 0.5) is 16.2 Å². The van der Waals surface area contributed by atoms with Crippen LogP contribution in [0.15, 0.2) is 40.9 Å². The van der Waals surface area contributed by atoms with E-state index in [1.54, 1.807) is 18.2 Å². The van der Waals surface area contributed by atoms with E-state index in [-0.39, 0.29) is 6.03 Å². The van der Waals surface area contributed by atoms with Crippen molar-refractivity contribution in [3.8, 4) is 11.5 Å². The lowest BCUT2D eigenvalue weighted by atomic mass is 10.2. The Morgan fingerprint density at radius 2 is 1.68 bits per heavy atom. The summed E-state index contributed by atoms with van der Waals surface area (Å²) in [5.74, 6) is 1.06. The molecule has 0 heterocycles. The monoisotopic (exact) mass is 364 g/mol. The number of methoxy groups -OCH3 is 2. The van der Waals surface area contributed by atoms with Gasteiger partial charge in [-0.1, -0.05) is 22.0 Å². The third-order valence-electron chi connectivity index (χ3n) is 3.08. The fourth-order valence-electron chi connectivity index (χ4n) is 1.97. The molecule has 0 unspecified atom stereocenters. The molecule has 2 amide bonds. The maximum absolute atomic E-state index is 12.2. The van der Waals surface area contributed by atoms with Gasteiger partial charge in [-0.15, -0.1) is 0 Å². The number of benzene rings is 2.